The summed E-state index contributed by atoms with van der Waals surface area (Å²) in [4.78, 5) is 4.45. The first kappa shape index (κ1) is 13.6. The summed E-state index contributed by atoms with van der Waals surface area (Å²) >= 11 is 0. The molecule has 3 heterocycles. The summed E-state index contributed by atoms with van der Waals surface area (Å²) in [7, 11) is 2.12. The van der Waals surface area contributed by atoms with Gasteiger partial charge in [-0.3, -0.25) is 4.98 Å². The third-order valence-corrected chi connectivity index (χ3v) is 5.11. The summed E-state index contributed by atoms with van der Waals surface area (Å²) in [5.74, 6) is 1.03. The van der Waals surface area contributed by atoms with E-state index in [9.17, 15) is 0 Å². The fraction of sp³-hybridized carbons (Fsp3) is 0.190. The van der Waals surface area contributed by atoms with Crippen molar-refractivity contribution in [1.29, 1.82) is 0 Å². The van der Waals surface area contributed by atoms with Gasteiger partial charge in [0.05, 0.1) is 17.8 Å². The molecule has 0 bridgehead atoms. The van der Waals surface area contributed by atoms with Gasteiger partial charge in [-0.1, -0.05) is 12.1 Å². The van der Waals surface area contributed by atoms with Crippen molar-refractivity contribution in [1.82, 2.24) is 9.55 Å². The topological polar surface area (TPSA) is 27.1 Å². The number of ether oxygens (including phenoxy) is 1. The maximum absolute atomic E-state index is 5.62. The lowest BCUT2D eigenvalue weighted by molar-refractivity contribution is 0.357. The number of rotatable bonds is 1. The van der Waals surface area contributed by atoms with E-state index < -0.39 is 0 Å². The van der Waals surface area contributed by atoms with Crippen molar-refractivity contribution in [3.05, 3.63) is 59.9 Å². The summed E-state index contributed by atoms with van der Waals surface area (Å²) in [6.07, 6.45) is 2.90. The first-order valence-corrected chi connectivity index (χ1v) is 8.32. The van der Waals surface area contributed by atoms with E-state index in [1.165, 1.54) is 38.5 Å². The summed E-state index contributed by atoms with van der Waals surface area (Å²) < 4.78 is 7.87. The molecule has 0 saturated carbocycles. The molecule has 0 spiro atoms. The SMILES string of the molecule is Cc1nccc2c3cc(-c4ccc5c(c4)CCO5)ccc3n(C)c12. The average Bonchev–Trinajstić information content (AvgIpc) is 3.18. The van der Waals surface area contributed by atoms with Gasteiger partial charge in [0.15, 0.2) is 0 Å². The van der Waals surface area contributed by atoms with Gasteiger partial charge in [0, 0.05) is 36.0 Å². The smallest absolute Gasteiger partial charge is 0.122 e. The zero-order valence-electron chi connectivity index (χ0n) is 13.8. The van der Waals surface area contributed by atoms with E-state index in [4.69, 9.17) is 4.74 Å². The maximum Gasteiger partial charge on any atom is 0.122 e. The van der Waals surface area contributed by atoms with Crippen molar-refractivity contribution in [2.45, 2.75) is 13.3 Å². The van der Waals surface area contributed by atoms with Crippen LogP contribution in [0.15, 0.2) is 48.7 Å². The molecule has 5 rings (SSSR count). The van der Waals surface area contributed by atoms with Crippen LogP contribution >= 0.6 is 0 Å². The van der Waals surface area contributed by atoms with Crippen molar-refractivity contribution >= 4 is 21.8 Å². The van der Waals surface area contributed by atoms with Crippen LogP contribution in [0.25, 0.3) is 32.9 Å². The highest BCUT2D eigenvalue weighted by atomic mass is 16.5. The Kier molecular flexibility index (Phi) is 2.75. The third kappa shape index (κ3) is 1.81. The summed E-state index contributed by atoms with van der Waals surface area (Å²) in [6, 6.07) is 15.4. The molecule has 118 valence electrons. The molecule has 3 heteroatoms. The van der Waals surface area contributed by atoms with Crippen molar-refractivity contribution in [2.24, 2.45) is 7.05 Å². The number of nitrogens with zero attached hydrogens (tertiary/aromatic N) is 2. The van der Waals surface area contributed by atoms with Crippen LogP contribution in [0.1, 0.15) is 11.3 Å². The predicted molar refractivity (Wildman–Crippen MR) is 97.6 cm³/mol. The Hall–Kier alpha value is -2.81. The van der Waals surface area contributed by atoms with Gasteiger partial charge in [-0.15, -0.1) is 0 Å². The van der Waals surface area contributed by atoms with E-state index in [1.54, 1.807) is 0 Å². The van der Waals surface area contributed by atoms with E-state index in [0.717, 1.165) is 24.5 Å². The monoisotopic (exact) mass is 314 g/mol. The van der Waals surface area contributed by atoms with E-state index >= 15 is 0 Å². The first-order chi connectivity index (χ1) is 11.7. The van der Waals surface area contributed by atoms with Crippen molar-refractivity contribution in [3.63, 3.8) is 0 Å². The van der Waals surface area contributed by atoms with Crippen LogP contribution in [-0.2, 0) is 13.5 Å². The van der Waals surface area contributed by atoms with E-state index in [1.807, 2.05) is 6.20 Å². The molecule has 0 saturated heterocycles. The minimum atomic E-state index is 0.799. The standard InChI is InChI=1S/C21H18N2O/c1-13-21-17(7-9-22-13)18-12-15(3-5-19(18)23(21)2)14-4-6-20-16(11-14)8-10-24-20/h3-7,9,11-12H,8,10H2,1-2H3. The van der Waals surface area contributed by atoms with Crippen LogP contribution in [0.2, 0.25) is 0 Å². The van der Waals surface area contributed by atoms with Gasteiger partial charge in [0.25, 0.3) is 0 Å². The number of benzene rings is 2. The zero-order chi connectivity index (χ0) is 16.3. The Morgan fingerprint density at radius 1 is 1.00 bits per heavy atom. The van der Waals surface area contributed by atoms with E-state index in [-0.39, 0.29) is 0 Å². The fourth-order valence-electron chi connectivity index (χ4n) is 3.91. The van der Waals surface area contributed by atoms with Crippen molar-refractivity contribution in [3.8, 4) is 16.9 Å². The Labute approximate surface area is 140 Å². The molecule has 2 aromatic heterocycles. The molecule has 0 fully saturated rings. The van der Waals surface area contributed by atoms with E-state index in [2.05, 4.69) is 66.0 Å². The average molecular weight is 314 g/mol. The Balaban J connectivity index is 1.76. The zero-order valence-corrected chi connectivity index (χ0v) is 13.8. The lowest BCUT2D eigenvalue weighted by atomic mass is 10.00. The quantitative estimate of drug-likeness (QED) is 0.512. The largest absolute Gasteiger partial charge is 0.493 e. The number of hydrogen-bond donors (Lipinski definition) is 0. The van der Waals surface area contributed by atoms with Crippen LogP contribution in [0.4, 0.5) is 0 Å². The molecular formula is C21H18N2O. The normalized spacial score (nSPS) is 13.4. The molecular weight excluding hydrogens is 296 g/mol. The van der Waals surface area contributed by atoms with Gasteiger partial charge in [-0.25, -0.2) is 0 Å². The molecule has 0 aliphatic carbocycles. The fourth-order valence-corrected chi connectivity index (χ4v) is 3.91. The van der Waals surface area contributed by atoms with Crippen molar-refractivity contribution < 1.29 is 4.74 Å². The van der Waals surface area contributed by atoms with Gasteiger partial charge >= 0.3 is 0 Å². The second kappa shape index (κ2) is 4.84. The van der Waals surface area contributed by atoms with Crippen LogP contribution in [0.5, 0.6) is 5.75 Å². The first-order valence-electron chi connectivity index (χ1n) is 8.32. The van der Waals surface area contributed by atoms with Crippen molar-refractivity contribution in [2.75, 3.05) is 6.61 Å². The molecule has 2 aromatic carbocycles. The molecule has 0 radical (unpaired) electrons. The number of hydrogen-bond acceptors (Lipinski definition) is 2. The van der Waals surface area contributed by atoms with Crippen LogP contribution in [0.3, 0.4) is 0 Å². The minimum Gasteiger partial charge on any atom is -0.493 e. The Bertz CT molecular complexity index is 1110. The molecule has 0 amide bonds. The lowest BCUT2D eigenvalue weighted by Gasteiger charge is -2.06. The summed E-state index contributed by atoms with van der Waals surface area (Å²) in [6.45, 7) is 2.87. The Morgan fingerprint density at radius 2 is 1.83 bits per heavy atom. The predicted octanol–water partition coefficient (Wildman–Crippen LogP) is 4.64. The number of aryl methyl sites for hydroxylation is 2. The van der Waals surface area contributed by atoms with Gasteiger partial charge in [0.2, 0.25) is 0 Å². The number of fused-ring (bicyclic) bond motifs is 4. The minimum absolute atomic E-state index is 0.799. The molecule has 0 N–H and O–H groups in total. The molecule has 0 unspecified atom stereocenters. The molecule has 1 aliphatic rings. The van der Waals surface area contributed by atoms with Gasteiger partial charge in [-0.05, 0) is 53.9 Å². The summed E-state index contributed by atoms with van der Waals surface area (Å²) in [5.41, 5.74) is 7.34. The van der Waals surface area contributed by atoms with Gasteiger partial charge < -0.3 is 9.30 Å². The van der Waals surface area contributed by atoms with Crippen LogP contribution < -0.4 is 4.74 Å². The lowest BCUT2D eigenvalue weighted by Crippen LogP contribution is -1.90. The van der Waals surface area contributed by atoms with Crippen LogP contribution in [0, 0.1) is 6.92 Å². The molecule has 3 nitrogen and oxygen atoms in total. The second-order valence-electron chi connectivity index (χ2n) is 6.50. The molecule has 0 atom stereocenters. The molecule has 1 aliphatic heterocycles. The van der Waals surface area contributed by atoms with Crippen LogP contribution in [-0.4, -0.2) is 16.2 Å². The molecule has 24 heavy (non-hydrogen) atoms. The molecule has 4 aromatic rings. The maximum atomic E-state index is 5.62. The number of pyridine rings is 1. The highest BCUT2D eigenvalue weighted by molar-refractivity contribution is 6.09. The van der Waals surface area contributed by atoms with Gasteiger partial charge in [0.1, 0.15) is 5.75 Å². The highest BCUT2D eigenvalue weighted by Gasteiger charge is 2.14. The third-order valence-electron chi connectivity index (χ3n) is 5.11. The van der Waals surface area contributed by atoms with E-state index in [0.29, 0.717) is 0 Å². The summed E-state index contributed by atoms with van der Waals surface area (Å²) in [5, 5.41) is 2.55. The second-order valence-corrected chi connectivity index (χ2v) is 6.50. The Morgan fingerprint density at radius 3 is 2.75 bits per heavy atom. The number of aromatic nitrogens is 2. The highest BCUT2D eigenvalue weighted by Crippen LogP contribution is 2.35. The van der Waals surface area contributed by atoms with Gasteiger partial charge in [-0.2, -0.15) is 0 Å².